The van der Waals surface area contributed by atoms with Gasteiger partial charge in [-0.1, -0.05) is 53.7 Å². The van der Waals surface area contributed by atoms with Gasteiger partial charge in [0.2, 0.25) is 5.91 Å². The van der Waals surface area contributed by atoms with Gasteiger partial charge in [0.25, 0.3) is 0 Å². The number of alkyl halides is 3. The average molecular weight is 614 g/mol. The van der Waals surface area contributed by atoms with Crippen LogP contribution in [0.2, 0.25) is 5.02 Å². The van der Waals surface area contributed by atoms with E-state index >= 15 is 0 Å². The molecule has 4 aromatic rings. The molecule has 1 N–H and O–H groups in total. The zero-order valence-electron chi connectivity index (χ0n) is 21.5. The number of amides is 3. The van der Waals surface area contributed by atoms with Gasteiger partial charge >= 0.3 is 12.4 Å². The number of amidine groups is 1. The van der Waals surface area contributed by atoms with Gasteiger partial charge in [-0.15, -0.1) is 18.3 Å². The van der Waals surface area contributed by atoms with E-state index in [0.717, 1.165) is 17.3 Å². The van der Waals surface area contributed by atoms with Crippen molar-refractivity contribution in [1.29, 1.82) is 0 Å². The predicted octanol–water partition coefficient (Wildman–Crippen LogP) is 5.97. The van der Waals surface area contributed by atoms with Crippen molar-refractivity contribution in [3.63, 3.8) is 0 Å². The number of rotatable bonds is 6. The van der Waals surface area contributed by atoms with Crippen molar-refractivity contribution in [2.45, 2.75) is 13.3 Å². The number of urea groups is 1. The van der Waals surface area contributed by atoms with E-state index in [-0.39, 0.29) is 22.6 Å². The Morgan fingerprint density at radius 3 is 2.57 bits per heavy atom. The molecule has 5 rings (SSSR count). The number of thioether (sulfide) groups is 1. The summed E-state index contributed by atoms with van der Waals surface area (Å²) in [7, 11) is 0. The first-order chi connectivity index (χ1) is 20.1. The Balaban J connectivity index is 1.20. The fraction of sp³-hybridized carbons (Fsp3) is 0.111. The van der Waals surface area contributed by atoms with Crippen molar-refractivity contribution in [3.05, 3.63) is 89.2 Å². The summed E-state index contributed by atoms with van der Waals surface area (Å²) in [5.74, 6) is -0.0629. The Kier molecular flexibility index (Phi) is 8.27. The summed E-state index contributed by atoms with van der Waals surface area (Å²) in [6, 6.07) is 16.6. The number of benzene rings is 3. The van der Waals surface area contributed by atoms with Crippen molar-refractivity contribution in [3.8, 4) is 22.8 Å². The summed E-state index contributed by atoms with van der Waals surface area (Å²) in [5.41, 5.74) is 5.50. The average Bonchev–Trinajstić information content (AvgIpc) is 3.57. The highest BCUT2D eigenvalue weighted by Crippen LogP contribution is 2.33. The molecule has 42 heavy (non-hydrogen) atoms. The number of hydrazone groups is 1. The quantitative estimate of drug-likeness (QED) is 0.212. The molecule has 0 unspecified atom stereocenters. The lowest BCUT2D eigenvalue weighted by molar-refractivity contribution is -0.274. The van der Waals surface area contributed by atoms with Crippen LogP contribution in [0.5, 0.6) is 5.75 Å². The number of hydrogen-bond acceptors (Lipinski definition) is 7. The van der Waals surface area contributed by atoms with Gasteiger partial charge in [0, 0.05) is 5.56 Å². The smallest absolute Gasteiger partial charge is 0.406 e. The molecule has 0 aliphatic carbocycles. The zero-order chi connectivity index (χ0) is 29.9. The summed E-state index contributed by atoms with van der Waals surface area (Å²) >= 11 is 7.39. The molecule has 2 heterocycles. The second-order valence-electron chi connectivity index (χ2n) is 8.72. The standard InChI is InChI=1S/C27H19ClF3N7O3S/c1-16-2-11-21(28)22(12-16)38-23(39)14-42-26(38)34-25(40)35-33-13-17-3-5-18(6-4-17)24-32-15-37(36-24)19-7-9-20(10-8-19)41-27(29,30)31/h2-13,15H,14H2,1H3,(H,35,40)/b33-13+,34-26-. The minimum Gasteiger partial charge on any atom is -0.406 e. The summed E-state index contributed by atoms with van der Waals surface area (Å²) in [6.07, 6.45) is -1.92. The second kappa shape index (κ2) is 12.0. The number of nitrogens with zero attached hydrogens (tertiary/aromatic N) is 6. The van der Waals surface area contributed by atoms with Gasteiger partial charge in [0.1, 0.15) is 12.1 Å². The molecule has 1 aliphatic heterocycles. The van der Waals surface area contributed by atoms with E-state index in [4.69, 9.17) is 11.6 Å². The van der Waals surface area contributed by atoms with Crippen LogP contribution in [0, 0.1) is 6.92 Å². The SMILES string of the molecule is Cc1ccc(Cl)c(N2C(=O)CS/C2=N\C(=O)N/N=C/c2ccc(-c3ncn(-c4ccc(OC(F)(F)F)cc4)n3)cc2)c1. The first-order valence-corrected chi connectivity index (χ1v) is 13.4. The molecule has 3 aromatic carbocycles. The molecule has 0 atom stereocenters. The van der Waals surface area contributed by atoms with Crippen LogP contribution in [-0.4, -0.2) is 50.2 Å². The van der Waals surface area contributed by atoms with Gasteiger partial charge < -0.3 is 4.74 Å². The molecule has 10 nitrogen and oxygen atoms in total. The number of hydrogen-bond donors (Lipinski definition) is 1. The first-order valence-electron chi connectivity index (χ1n) is 12.1. The van der Waals surface area contributed by atoms with Crippen LogP contribution in [0.4, 0.5) is 23.7 Å². The first kappa shape index (κ1) is 28.8. The number of halogens is 4. The molecule has 1 aliphatic rings. The highest BCUT2D eigenvalue weighted by Gasteiger charge is 2.32. The van der Waals surface area contributed by atoms with E-state index in [1.54, 1.807) is 36.4 Å². The maximum Gasteiger partial charge on any atom is 0.573 e. The van der Waals surface area contributed by atoms with Crippen LogP contribution in [-0.2, 0) is 4.79 Å². The Labute approximate surface area is 245 Å². The third-order valence-corrected chi connectivity index (χ3v) is 6.92. The van der Waals surface area contributed by atoms with E-state index in [2.05, 4.69) is 30.3 Å². The molecule has 15 heteroatoms. The molecule has 1 fully saturated rings. The van der Waals surface area contributed by atoms with Crippen molar-refractivity contribution < 1.29 is 27.5 Å². The normalized spacial score (nSPS) is 14.6. The molecule has 1 saturated heterocycles. The number of anilines is 1. The minimum atomic E-state index is -4.77. The molecule has 0 bridgehead atoms. The topological polar surface area (TPSA) is 114 Å². The summed E-state index contributed by atoms with van der Waals surface area (Å²) in [4.78, 5) is 34.4. The van der Waals surface area contributed by atoms with E-state index in [9.17, 15) is 22.8 Å². The summed E-state index contributed by atoms with van der Waals surface area (Å²) in [6.45, 7) is 1.87. The molecule has 214 valence electrons. The Morgan fingerprint density at radius 2 is 1.86 bits per heavy atom. The van der Waals surface area contributed by atoms with Crippen LogP contribution in [0.15, 0.2) is 83.2 Å². The lowest BCUT2D eigenvalue weighted by atomic mass is 10.1. The summed E-state index contributed by atoms with van der Waals surface area (Å²) < 4.78 is 42.4. The van der Waals surface area contributed by atoms with E-state index in [0.29, 0.717) is 33.3 Å². The maximum atomic E-state index is 12.4. The lowest BCUT2D eigenvalue weighted by Crippen LogP contribution is -2.31. The molecular weight excluding hydrogens is 595 g/mol. The molecule has 0 radical (unpaired) electrons. The Hall–Kier alpha value is -4.69. The van der Waals surface area contributed by atoms with Crippen molar-refractivity contribution in [2.24, 2.45) is 10.1 Å². The van der Waals surface area contributed by atoms with Gasteiger partial charge in [-0.25, -0.2) is 19.9 Å². The van der Waals surface area contributed by atoms with Crippen molar-refractivity contribution >= 4 is 52.4 Å². The van der Waals surface area contributed by atoms with E-state index in [1.165, 1.54) is 46.4 Å². The Bertz CT molecular complexity index is 1690. The maximum absolute atomic E-state index is 12.4. The number of ether oxygens (including phenoxy) is 1. The van der Waals surface area contributed by atoms with Crippen LogP contribution < -0.4 is 15.1 Å². The van der Waals surface area contributed by atoms with Crippen LogP contribution in [0.3, 0.4) is 0 Å². The molecule has 3 amide bonds. The van der Waals surface area contributed by atoms with Crippen LogP contribution >= 0.6 is 23.4 Å². The second-order valence-corrected chi connectivity index (χ2v) is 10.1. The highest BCUT2D eigenvalue weighted by molar-refractivity contribution is 8.15. The van der Waals surface area contributed by atoms with Crippen LogP contribution in [0.25, 0.3) is 17.1 Å². The van der Waals surface area contributed by atoms with Crippen molar-refractivity contribution in [1.82, 2.24) is 20.2 Å². The predicted molar refractivity (Wildman–Crippen MR) is 153 cm³/mol. The molecule has 1 aromatic heterocycles. The minimum absolute atomic E-state index is 0.127. The summed E-state index contributed by atoms with van der Waals surface area (Å²) in [5, 5.41) is 8.84. The van der Waals surface area contributed by atoms with Gasteiger partial charge in [0.15, 0.2) is 11.0 Å². The number of carbonyl (C=O) groups excluding carboxylic acids is 2. The number of aliphatic imine (C=N–C) groups is 1. The fourth-order valence-electron chi connectivity index (χ4n) is 3.79. The number of aromatic nitrogens is 3. The van der Waals surface area contributed by atoms with E-state index in [1.807, 2.05) is 13.0 Å². The van der Waals surface area contributed by atoms with Gasteiger partial charge in [-0.2, -0.15) is 10.1 Å². The van der Waals surface area contributed by atoms with Gasteiger partial charge in [0.05, 0.1) is 28.4 Å². The number of aryl methyl sites for hydroxylation is 1. The Morgan fingerprint density at radius 1 is 1.12 bits per heavy atom. The van der Waals surface area contributed by atoms with Gasteiger partial charge in [-0.05, 0) is 54.4 Å². The monoisotopic (exact) mass is 613 g/mol. The largest absolute Gasteiger partial charge is 0.573 e. The fourth-order valence-corrected chi connectivity index (χ4v) is 4.85. The molecular formula is C27H19ClF3N7O3S. The van der Waals surface area contributed by atoms with Crippen molar-refractivity contribution in [2.75, 3.05) is 10.7 Å². The lowest BCUT2D eigenvalue weighted by Gasteiger charge is -2.17. The number of nitrogens with one attached hydrogen (secondary N) is 1. The third-order valence-electron chi connectivity index (χ3n) is 5.67. The molecule has 0 spiro atoms. The van der Waals surface area contributed by atoms with Gasteiger partial charge in [-0.3, -0.25) is 9.69 Å². The third kappa shape index (κ3) is 6.95. The zero-order valence-corrected chi connectivity index (χ0v) is 23.1. The van der Waals surface area contributed by atoms with E-state index < -0.39 is 12.4 Å². The molecule has 0 saturated carbocycles. The van der Waals surface area contributed by atoms with Crippen LogP contribution in [0.1, 0.15) is 11.1 Å². The number of carbonyl (C=O) groups is 2. The highest BCUT2D eigenvalue weighted by atomic mass is 35.5.